The second-order valence-electron chi connectivity index (χ2n) is 4.56. The van der Waals surface area contributed by atoms with E-state index in [4.69, 9.17) is 15.2 Å². The average Bonchev–Trinajstić information content (AvgIpc) is 2.44. The molecule has 0 unspecified atom stereocenters. The van der Waals surface area contributed by atoms with Gasteiger partial charge in [-0.1, -0.05) is 30.3 Å². The van der Waals surface area contributed by atoms with Gasteiger partial charge in [-0.3, -0.25) is 4.79 Å². The molecule has 0 aliphatic carbocycles. The molecule has 1 saturated heterocycles. The third-order valence-electron chi connectivity index (χ3n) is 3.13. The number of ether oxygens (including phenoxy) is 2. The number of carbonyl (C=O) groups excluding carboxylic acids is 1. The van der Waals surface area contributed by atoms with Gasteiger partial charge in [0.25, 0.3) is 0 Å². The Hall–Kier alpha value is -1.43. The van der Waals surface area contributed by atoms with Gasteiger partial charge in [0, 0.05) is 19.5 Å². The summed E-state index contributed by atoms with van der Waals surface area (Å²) in [5.74, 6) is 0.157. The molecule has 19 heavy (non-hydrogen) atoms. The van der Waals surface area contributed by atoms with Crippen molar-refractivity contribution in [1.29, 1.82) is 0 Å². The van der Waals surface area contributed by atoms with E-state index in [1.54, 1.807) is 4.90 Å². The van der Waals surface area contributed by atoms with Gasteiger partial charge in [-0.05, 0) is 5.56 Å². The summed E-state index contributed by atoms with van der Waals surface area (Å²) in [4.78, 5) is 13.0. The number of nitrogens with zero attached hydrogens (tertiary/aromatic N) is 1. The van der Waals surface area contributed by atoms with Gasteiger partial charge in [-0.15, -0.1) is 0 Å². The first-order chi connectivity index (χ1) is 9.31. The van der Waals surface area contributed by atoms with Gasteiger partial charge in [-0.25, -0.2) is 0 Å². The molecule has 2 N–H and O–H groups in total. The van der Waals surface area contributed by atoms with Crippen LogP contribution in [0.4, 0.5) is 0 Å². The lowest BCUT2D eigenvalue weighted by molar-refractivity contribution is -0.153. The van der Waals surface area contributed by atoms with Crippen LogP contribution in [0, 0.1) is 0 Å². The number of nitrogens with two attached hydrogens (primary N) is 1. The van der Waals surface area contributed by atoms with Crippen molar-refractivity contribution in [2.75, 3.05) is 26.5 Å². The van der Waals surface area contributed by atoms with Crippen LogP contribution in [0.3, 0.4) is 0 Å². The van der Waals surface area contributed by atoms with Crippen LogP contribution in [0.25, 0.3) is 0 Å². The molecular formula is C14H20N2O3. The summed E-state index contributed by atoms with van der Waals surface area (Å²) < 4.78 is 10.8. The molecule has 1 aromatic rings. The molecule has 0 aromatic heterocycles. The first kappa shape index (κ1) is 14.0. The maximum absolute atomic E-state index is 11.3. The standard InChI is InChI=1S/C14H20N2O3/c15-6-7-16-13(8-14(16)17)10-19-11-18-9-12-4-2-1-3-5-12/h1-5,13H,6-11,15H2/t13-/m1/s1. The Balaban J connectivity index is 1.56. The summed E-state index contributed by atoms with van der Waals surface area (Å²) in [6.45, 7) is 2.40. The van der Waals surface area contributed by atoms with Gasteiger partial charge in [0.1, 0.15) is 6.79 Å². The molecule has 0 saturated carbocycles. The number of rotatable bonds is 8. The van der Waals surface area contributed by atoms with E-state index < -0.39 is 0 Å². The minimum atomic E-state index is 0.157. The number of hydrogen-bond acceptors (Lipinski definition) is 4. The maximum atomic E-state index is 11.3. The molecule has 1 amide bonds. The second kappa shape index (κ2) is 7.23. The highest BCUT2D eigenvalue weighted by atomic mass is 16.7. The van der Waals surface area contributed by atoms with E-state index in [1.807, 2.05) is 30.3 Å². The normalized spacial score (nSPS) is 18.5. The van der Waals surface area contributed by atoms with Crippen molar-refractivity contribution < 1.29 is 14.3 Å². The summed E-state index contributed by atoms with van der Waals surface area (Å²) in [6, 6.07) is 10.1. The Bertz CT molecular complexity index is 397. The van der Waals surface area contributed by atoms with Crippen LogP contribution < -0.4 is 5.73 Å². The molecular weight excluding hydrogens is 244 g/mol. The number of likely N-dealkylation sites (tertiary alicyclic amines) is 1. The van der Waals surface area contributed by atoms with Crippen molar-refractivity contribution in [2.45, 2.75) is 19.1 Å². The quantitative estimate of drug-likeness (QED) is 0.427. The zero-order valence-corrected chi connectivity index (χ0v) is 11.0. The molecule has 0 radical (unpaired) electrons. The fraction of sp³-hybridized carbons (Fsp3) is 0.500. The zero-order valence-electron chi connectivity index (χ0n) is 11.0. The lowest BCUT2D eigenvalue weighted by Crippen LogP contribution is -2.56. The third-order valence-corrected chi connectivity index (χ3v) is 3.13. The first-order valence-corrected chi connectivity index (χ1v) is 6.50. The largest absolute Gasteiger partial charge is 0.353 e. The number of benzene rings is 1. The minimum absolute atomic E-state index is 0.157. The van der Waals surface area contributed by atoms with Crippen molar-refractivity contribution in [3.05, 3.63) is 35.9 Å². The van der Waals surface area contributed by atoms with Crippen molar-refractivity contribution >= 4 is 5.91 Å². The summed E-state index contributed by atoms with van der Waals surface area (Å²) in [6.07, 6.45) is 0.554. The van der Waals surface area contributed by atoms with Crippen LogP contribution in [0.15, 0.2) is 30.3 Å². The first-order valence-electron chi connectivity index (χ1n) is 6.50. The molecule has 1 aliphatic heterocycles. The van der Waals surface area contributed by atoms with Crippen LogP contribution in [-0.2, 0) is 20.9 Å². The predicted molar refractivity (Wildman–Crippen MR) is 71.2 cm³/mol. The molecule has 1 aromatic carbocycles. The third kappa shape index (κ3) is 4.02. The van der Waals surface area contributed by atoms with Crippen molar-refractivity contribution in [1.82, 2.24) is 4.90 Å². The van der Waals surface area contributed by atoms with E-state index >= 15 is 0 Å². The summed E-state index contributed by atoms with van der Waals surface area (Å²) in [5.41, 5.74) is 6.56. The van der Waals surface area contributed by atoms with Gasteiger partial charge >= 0.3 is 0 Å². The number of amides is 1. The Morgan fingerprint density at radius 1 is 1.26 bits per heavy atom. The van der Waals surface area contributed by atoms with Gasteiger partial charge in [-0.2, -0.15) is 0 Å². The Morgan fingerprint density at radius 2 is 2.05 bits per heavy atom. The topological polar surface area (TPSA) is 64.8 Å². The van der Waals surface area contributed by atoms with Crippen molar-refractivity contribution in [2.24, 2.45) is 5.73 Å². The molecule has 2 rings (SSSR count). The van der Waals surface area contributed by atoms with Crippen LogP contribution in [-0.4, -0.2) is 43.3 Å². The summed E-state index contributed by atoms with van der Waals surface area (Å²) >= 11 is 0. The van der Waals surface area contributed by atoms with Crippen LogP contribution in [0.5, 0.6) is 0 Å². The molecule has 104 valence electrons. The molecule has 1 aliphatic rings. The van der Waals surface area contributed by atoms with E-state index in [2.05, 4.69) is 0 Å². The van der Waals surface area contributed by atoms with Gasteiger partial charge in [0.15, 0.2) is 0 Å². The van der Waals surface area contributed by atoms with E-state index in [0.29, 0.717) is 32.7 Å². The van der Waals surface area contributed by atoms with Crippen LogP contribution in [0.1, 0.15) is 12.0 Å². The number of hydrogen-bond donors (Lipinski definition) is 1. The lowest BCUT2D eigenvalue weighted by atomic mass is 10.0. The average molecular weight is 264 g/mol. The molecule has 5 heteroatoms. The monoisotopic (exact) mass is 264 g/mol. The van der Waals surface area contributed by atoms with Gasteiger partial charge in [0.05, 0.1) is 19.3 Å². The number of carbonyl (C=O) groups is 1. The lowest BCUT2D eigenvalue weighted by Gasteiger charge is -2.39. The van der Waals surface area contributed by atoms with E-state index in [0.717, 1.165) is 5.56 Å². The molecule has 1 fully saturated rings. The summed E-state index contributed by atoms with van der Waals surface area (Å²) in [5, 5.41) is 0. The Kier molecular flexibility index (Phi) is 5.32. The molecule has 1 heterocycles. The predicted octanol–water partition coefficient (Wildman–Crippen LogP) is 0.737. The minimum Gasteiger partial charge on any atom is -0.353 e. The van der Waals surface area contributed by atoms with E-state index in [1.165, 1.54) is 0 Å². The molecule has 5 nitrogen and oxygen atoms in total. The zero-order chi connectivity index (χ0) is 13.5. The van der Waals surface area contributed by atoms with E-state index in [-0.39, 0.29) is 18.7 Å². The van der Waals surface area contributed by atoms with Crippen molar-refractivity contribution in [3.63, 3.8) is 0 Å². The van der Waals surface area contributed by atoms with E-state index in [9.17, 15) is 4.79 Å². The molecule has 0 bridgehead atoms. The Labute approximate surface area is 113 Å². The van der Waals surface area contributed by atoms with Gasteiger partial charge < -0.3 is 20.1 Å². The smallest absolute Gasteiger partial charge is 0.225 e. The van der Waals surface area contributed by atoms with Gasteiger partial charge in [0.2, 0.25) is 5.91 Å². The molecule has 1 atom stereocenters. The highest BCUT2D eigenvalue weighted by Gasteiger charge is 2.35. The van der Waals surface area contributed by atoms with Crippen LogP contribution >= 0.6 is 0 Å². The SMILES string of the molecule is NCCN1C(=O)C[C@@H]1COCOCc1ccccc1. The fourth-order valence-electron chi connectivity index (χ4n) is 2.09. The van der Waals surface area contributed by atoms with Crippen LogP contribution in [0.2, 0.25) is 0 Å². The highest BCUT2D eigenvalue weighted by molar-refractivity contribution is 5.83. The summed E-state index contributed by atoms with van der Waals surface area (Å²) in [7, 11) is 0. The Morgan fingerprint density at radius 3 is 2.74 bits per heavy atom. The van der Waals surface area contributed by atoms with Crippen molar-refractivity contribution in [3.8, 4) is 0 Å². The highest BCUT2D eigenvalue weighted by Crippen LogP contribution is 2.18. The fourth-order valence-corrected chi connectivity index (χ4v) is 2.09. The maximum Gasteiger partial charge on any atom is 0.225 e. The molecule has 0 spiro atoms. The number of β-lactam (4-membered cyclic amide) rings is 1. The second-order valence-corrected chi connectivity index (χ2v) is 4.56.